The van der Waals surface area contributed by atoms with Crippen LogP contribution < -0.4 is 15.6 Å². The molecule has 0 atom stereocenters. The molecule has 0 spiro atoms. The van der Waals surface area contributed by atoms with Crippen molar-refractivity contribution in [2.24, 2.45) is 0 Å². The molecule has 0 aliphatic carbocycles. The molecule has 0 aliphatic heterocycles. The van der Waals surface area contributed by atoms with E-state index in [0.717, 1.165) is 10.8 Å². The summed E-state index contributed by atoms with van der Waals surface area (Å²) in [6, 6.07) is 19.1. The summed E-state index contributed by atoms with van der Waals surface area (Å²) in [6.45, 7) is -0.254. The highest BCUT2D eigenvalue weighted by Gasteiger charge is 2.11. The van der Waals surface area contributed by atoms with Gasteiger partial charge in [0, 0.05) is 10.9 Å². The summed E-state index contributed by atoms with van der Waals surface area (Å²) < 4.78 is 10.2. The largest absolute Gasteiger partial charge is 0.483 e. The number of rotatable bonds is 5. The number of ether oxygens (including phenoxy) is 2. The number of methoxy groups -OCH3 is 1. The van der Waals surface area contributed by atoms with E-state index in [-0.39, 0.29) is 12.2 Å². The maximum absolute atomic E-state index is 12.1. The molecule has 0 heterocycles. The van der Waals surface area contributed by atoms with E-state index >= 15 is 0 Å². The number of amides is 2. The Morgan fingerprint density at radius 3 is 2.25 bits per heavy atom. The molecule has 0 aliphatic rings. The first-order valence-electron chi connectivity index (χ1n) is 8.46. The number of hydrogen-bond acceptors (Lipinski definition) is 5. The van der Waals surface area contributed by atoms with Crippen LogP contribution in [0.3, 0.4) is 0 Å². The zero-order valence-electron chi connectivity index (χ0n) is 15.1. The van der Waals surface area contributed by atoms with Crippen molar-refractivity contribution in [2.75, 3.05) is 13.7 Å². The van der Waals surface area contributed by atoms with Crippen LogP contribution in [-0.4, -0.2) is 31.5 Å². The maximum Gasteiger partial charge on any atom is 0.337 e. The Kier molecular flexibility index (Phi) is 5.86. The van der Waals surface area contributed by atoms with Crippen LogP contribution in [0, 0.1) is 0 Å². The van der Waals surface area contributed by atoms with Crippen LogP contribution in [-0.2, 0) is 9.53 Å². The van der Waals surface area contributed by atoms with Crippen molar-refractivity contribution in [3.8, 4) is 5.75 Å². The lowest BCUT2D eigenvalue weighted by atomic mass is 10.1. The van der Waals surface area contributed by atoms with Gasteiger partial charge in [0.05, 0.1) is 12.7 Å². The van der Waals surface area contributed by atoms with Crippen molar-refractivity contribution in [3.63, 3.8) is 0 Å². The van der Waals surface area contributed by atoms with Crippen molar-refractivity contribution >= 4 is 28.6 Å². The lowest BCUT2D eigenvalue weighted by molar-refractivity contribution is -0.123. The van der Waals surface area contributed by atoms with Crippen LogP contribution in [0.1, 0.15) is 20.7 Å². The predicted molar refractivity (Wildman–Crippen MR) is 103 cm³/mol. The number of carbonyl (C=O) groups is 3. The summed E-state index contributed by atoms with van der Waals surface area (Å²) in [7, 11) is 1.28. The number of hydrogen-bond donors (Lipinski definition) is 2. The van der Waals surface area contributed by atoms with Gasteiger partial charge >= 0.3 is 5.97 Å². The van der Waals surface area contributed by atoms with Crippen LogP contribution in [0.2, 0.25) is 0 Å². The van der Waals surface area contributed by atoms with Crippen molar-refractivity contribution in [2.45, 2.75) is 0 Å². The normalized spacial score (nSPS) is 10.2. The van der Waals surface area contributed by atoms with Gasteiger partial charge in [-0.3, -0.25) is 20.4 Å². The minimum Gasteiger partial charge on any atom is -0.483 e. The standard InChI is InChI=1S/C21H18N2O5/c1-27-21(26)16-11-9-15(10-12-16)20(25)23-22-19(24)13-28-18-8-4-6-14-5-2-3-7-17(14)18/h2-12H,13H2,1H3,(H,22,24)(H,23,25). The van der Waals surface area contributed by atoms with E-state index in [0.29, 0.717) is 11.3 Å². The van der Waals surface area contributed by atoms with Crippen molar-refractivity contribution in [1.82, 2.24) is 10.9 Å². The van der Waals surface area contributed by atoms with Gasteiger partial charge in [-0.25, -0.2) is 4.79 Å². The molecule has 3 aromatic rings. The van der Waals surface area contributed by atoms with Gasteiger partial charge in [0.2, 0.25) is 0 Å². The second kappa shape index (κ2) is 8.68. The molecule has 0 aromatic heterocycles. The predicted octanol–water partition coefficient (Wildman–Crippen LogP) is 2.47. The third-order valence-electron chi connectivity index (χ3n) is 3.99. The Morgan fingerprint density at radius 2 is 1.50 bits per heavy atom. The first-order chi connectivity index (χ1) is 13.6. The molecule has 7 nitrogen and oxygen atoms in total. The highest BCUT2D eigenvalue weighted by Crippen LogP contribution is 2.24. The summed E-state index contributed by atoms with van der Waals surface area (Å²) in [4.78, 5) is 35.4. The average molecular weight is 378 g/mol. The fourth-order valence-corrected chi connectivity index (χ4v) is 2.58. The average Bonchev–Trinajstić information content (AvgIpc) is 2.75. The van der Waals surface area contributed by atoms with Crippen LogP contribution in [0.4, 0.5) is 0 Å². The van der Waals surface area contributed by atoms with Crippen LogP contribution in [0.5, 0.6) is 5.75 Å². The second-order valence-corrected chi connectivity index (χ2v) is 5.84. The van der Waals surface area contributed by atoms with Gasteiger partial charge in [-0.1, -0.05) is 36.4 Å². The third-order valence-corrected chi connectivity index (χ3v) is 3.99. The van der Waals surface area contributed by atoms with E-state index in [1.54, 1.807) is 6.07 Å². The summed E-state index contributed by atoms with van der Waals surface area (Å²) in [6.07, 6.45) is 0. The van der Waals surface area contributed by atoms with Crippen molar-refractivity contribution in [1.29, 1.82) is 0 Å². The van der Waals surface area contributed by atoms with E-state index in [1.807, 2.05) is 36.4 Å². The number of nitrogens with one attached hydrogen (secondary N) is 2. The summed E-state index contributed by atoms with van der Waals surface area (Å²) >= 11 is 0. The zero-order chi connectivity index (χ0) is 19.9. The van der Waals surface area contributed by atoms with Crippen molar-refractivity contribution in [3.05, 3.63) is 77.9 Å². The van der Waals surface area contributed by atoms with Crippen LogP contribution in [0.15, 0.2) is 66.7 Å². The number of fused-ring (bicyclic) bond motifs is 1. The molecule has 0 unspecified atom stereocenters. The molecule has 0 saturated heterocycles. The topological polar surface area (TPSA) is 93.7 Å². The molecule has 28 heavy (non-hydrogen) atoms. The molecular formula is C21H18N2O5. The molecule has 3 rings (SSSR count). The second-order valence-electron chi connectivity index (χ2n) is 5.84. The highest BCUT2D eigenvalue weighted by molar-refractivity contribution is 5.97. The van der Waals surface area contributed by atoms with Crippen LogP contribution >= 0.6 is 0 Å². The SMILES string of the molecule is COC(=O)c1ccc(C(=O)NNC(=O)COc2cccc3ccccc23)cc1. The molecule has 142 valence electrons. The first kappa shape index (κ1) is 18.9. The summed E-state index contributed by atoms with van der Waals surface area (Å²) in [5.41, 5.74) is 5.20. The van der Waals surface area contributed by atoms with E-state index in [2.05, 4.69) is 15.6 Å². The molecule has 2 amide bonds. The number of benzene rings is 3. The number of carbonyl (C=O) groups excluding carboxylic acids is 3. The Hall–Kier alpha value is -3.87. The minimum atomic E-state index is -0.519. The zero-order valence-corrected chi connectivity index (χ0v) is 15.1. The van der Waals surface area contributed by atoms with Crippen molar-refractivity contribution < 1.29 is 23.9 Å². The summed E-state index contributed by atoms with van der Waals surface area (Å²) in [5.74, 6) is -0.939. The number of hydrazine groups is 1. The summed E-state index contributed by atoms with van der Waals surface area (Å²) in [5, 5.41) is 1.90. The van der Waals surface area contributed by atoms with Gasteiger partial charge in [0.25, 0.3) is 11.8 Å². The molecule has 0 fully saturated rings. The molecule has 3 aromatic carbocycles. The molecule has 2 N–H and O–H groups in total. The Balaban J connectivity index is 1.52. The molecular weight excluding hydrogens is 360 g/mol. The Labute approximate surface area is 161 Å². The Bertz CT molecular complexity index is 1010. The minimum absolute atomic E-state index is 0.254. The quantitative estimate of drug-likeness (QED) is 0.525. The van der Waals surface area contributed by atoms with Gasteiger partial charge in [-0.2, -0.15) is 0 Å². The van der Waals surface area contributed by atoms with Crippen LogP contribution in [0.25, 0.3) is 10.8 Å². The molecule has 7 heteroatoms. The van der Waals surface area contributed by atoms with E-state index in [1.165, 1.54) is 31.4 Å². The maximum atomic E-state index is 12.1. The van der Waals surface area contributed by atoms with Gasteiger partial charge in [0.15, 0.2) is 6.61 Å². The van der Waals surface area contributed by atoms with Gasteiger partial charge in [-0.05, 0) is 35.7 Å². The lowest BCUT2D eigenvalue weighted by Gasteiger charge is -2.10. The third kappa shape index (κ3) is 4.45. The smallest absolute Gasteiger partial charge is 0.337 e. The monoisotopic (exact) mass is 378 g/mol. The van der Waals surface area contributed by atoms with Gasteiger partial charge in [-0.15, -0.1) is 0 Å². The Morgan fingerprint density at radius 1 is 0.821 bits per heavy atom. The van der Waals surface area contributed by atoms with Gasteiger partial charge < -0.3 is 9.47 Å². The molecule has 0 bridgehead atoms. The molecule has 0 saturated carbocycles. The number of esters is 1. The van der Waals surface area contributed by atoms with E-state index < -0.39 is 17.8 Å². The van der Waals surface area contributed by atoms with E-state index in [4.69, 9.17) is 4.74 Å². The van der Waals surface area contributed by atoms with Gasteiger partial charge in [0.1, 0.15) is 5.75 Å². The fourth-order valence-electron chi connectivity index (χ4n) is 2.58. The lowest BCUT2D eigenvalue weighted by Crippen LogP contribution is -2.43. The fraction of sp³-hybridized carbons (Fsp3) is 0.0952. The first-order valence-corrected chi connectivity index (χ1v) is 8.46. The van der Waals surface area contributed by atoms with E-state index in [9.17, 15) is 14.4 Å². The molecule has 0 radical (unpaired) electrons. The highest BCUT2D eigenvalue weighted by atomic mass is 16.5.